The lowest BCUT2D eigenvalue weighted by Gasteiger charge is -2.23. The number of rotatable bonds is 6. The lowest BCUT2D eigenvalue weighted by Crippen LogP contribution is -2.46. The Balaban J connectivity index is 2.17. The Morgan fingerprint density at radius 2 is 1.78 bits per heavy atom. The van der Waals surface area contributed by atoms with E-state index in [2.05, 4.69) is 4.72 Å². The normalized spacial score (nSPS) is 15.8. The summed E-state index contributed by atoms with van der Waals surface area (Å²) in [5, 5.41) is 0. The molecule has 1 amide bonds. The number of hydrogen-bond donors (Lipinski definition) is 1. The van der Waals surface area contributed by atoms with Gasteiger partial charge in [0.1, 0.15) is 0 Å². The molecule has 1 aromatic rings. The SMILES string of the molecule is CCN(CC)C(=O)C(C)NS(=O)(=O)c1ccc2c(c1)CCCC2. The molecule has 0 aromatic heterocycles. The van der Waals surface area contributed by atoms with Gasteiger partial charge in [-0.2, -0.15) is 4.72 Å². The molecular formula is C17H26N2O3S. The van der Waals surface area contributed by atoms with E-state index in [-0.39, 0.29) is 10.8 Å². The Labute approximate surface area is 139 Å². The smallest absolute Gasteiger partial charge is 0.241 e. The number of fused-ring (bicyclic) bond motifs is 1. The molecule has 0 spiro atoms. The predicted octanol–water partition coefficient (Wildman–Crippen LogP) is 2.10. The van der Waals surface area contributed by atoms with E-state index in [0.717, 1.165) is 31.2 Å². The molecule has 0 radical (unpaired) electrons. The van der Waals surface area contributed by atoms with E-state index in [1.165, 1.54) is 5.56 Å². The van der Waals surface area contributed by atoms with Gasteiger partial charge in [0.15, 0.2) is 0 Å². The van der Waals surface area contributed by atoms with Crippen LogP contribution >= 0.6 is 0 Å². The fraction of sp³-hybridized carbons (Fsp3) is 0.588. The van der Waals surface area contributed by atoms with Crippen LogP contribution in [0.3, 0.4) is 0 Å². The number of benzene rings is 1. The van der Waals surface area contributed by atoms with Crippen LogP contribution in [0.15, 0.2) is 23.1 Å². The van der Waals surface area contributed by atoms with Gasteiger partial charge in [-0.05, 0) is 69.7 Å². The standard InChI is InChI=1S/C17H26N2O3S/c1-4-19(5-2)17(20)13(3)18-23(21,22)16-11-10-14-8-6-7-9-15(14)12-16/h10-13,18H,4-9H2,1-3H3. The second-order valence-electron chi connectivity index (χ2n) is 5.99. The average Bonchev–Trinajstić information content (AvgIpc) is 2.55. The molecule has 1 aliphatic carbocycles. The molecule has 23 heavy (non-hydrogen) atoms. The summed E-state index contributed by atoms with van der Waals surface area (Å²) in [6.07, 6.45) is 4.19. The number of sulfonamides is 1. The van der Waals surface area contributed by atoms with Crippen LogP contribution in [0.2, 0.25) is 0 Å². The molecule has 5 nitrogen and oxygen atoms in total. The molecule has 1 aromatic carbocycles. The highest BCUT2D eigenvalue weighted by Crippen LogP contribution is 2.24. The van der Waals surface area contributed by atoms with Crippen LogP contribution in [0.1, 0.15) is 44.7 Å². The fourth-order valence-electron chi connectivity index (χ4n) is 3.04. The minimum atomic E-state index is -3.69. The van der Waals surface area contributed by atoms with Crippen LogP contribution in [0.5, 0.6) is 0 Å². The van der Waals surface area contributed by atoms with Crippen LogP contribution in [-0.2, 0) is 27.7 Å². The van der Waals surface area contributed by atoms with Gasteiger partial charge >= 0.3 is 0 Å². The van der Waals surface area contributed by atoms with Gasteiger partial charge in [0.2, 0.25) is 15.9 Å². The minimum Gasteiger partial charge on any atom is -0.342 e. The van der Waals surface area contributed by atoms with Gasteiger partial charge in [-0.15, -0.1) is 0 Å². The molecule has 0 heterocycles. The summed E-state index contributed by atoms with van der Waals surface area (Å²) in [7, 11) is -3.69. The Morgan fingerprint density at radius 1 is 1.17 bits per heavy atom. The van der Waals surface area contributed by atoms with Crippen LogP contribution in [0, 0.1) is 0 Å². The third-order valence-electron chi connectivity index (χ3n) is 4.41. The van der Waals surface area contributed by atoms with Gasteiger partial charge in [-0.1, -0.05) is 6.07 Å². The molecule has 1 atom stereocenters. The van der Waals surface area contributed by atoms with Gasteiger partial charge in [0.05, 0.1) is 10.9 Å². The minimum absolute atomic E-state index is 0.198. The molecule has 0 saturated heterocycles. The van der Waals surface area contributed by atoms with Gasteiger partial charge in [-0.25, -0.2) is 8.42 Å². The Morgan fingerprint density at radius 3 is 2.39 bits per heavy atom. The van der Waals surface area contributed by atoms with Crippen LogP contribution in [0.25, 0.3) is 0 Å². The number of amides is 1. The Kier molecular flexibility index (Phi) is 5.81. The molecule has 6 heteroatoms. The summed E-state index contributed by atoms with van der Waals surface area (Å²) in [6, 6.07) is 4.53. The zero-order valence-electron chi connectivity index (χ0n) is 14.1. The topological polar surface area (TPSA) is 66.5 Å². The molecule has 0 aliphatic heterocycles. The molecule has 0 saturated carbocycles. The maximum absolute atomic E-state index is 12.6. The van der Waals surface area contributed by atoms with Crippen molar-refractivity contribution in [2.45, 2.75) is 57.4 Å². The zero-order chi connectivity index (χ0) is 17.0. The van der Waals surface area contributed by atoms with Crippen LogP contribution in [0.4, 0.5) is 0 Å². The van der Waals surface area contributed by atoms with Crippen molar-refractivity contribution in [3.63, 3.8) is 0 Å². The van der Waals surface area contributed by atoms with Crippen molar-refractivity contribution in [1.82, 2.24) is 9.62 Å². The lowest BCUT2D eigenvalue weighted by molar-refractivity contribution is -0.132. The summed E-state index contributed by atoms with van der Waals surface area (Å²) in [5.74, 6) is -0.198. The van der Waals surface area contributed by atoms with E-state index >= 15 is 0 Å². The molecular weight excluding hydrogens is 312 g/mol. The number of aryl methyl sites for hydroxylation is 2. The number of nitrogens with zero attached hydrogens (tertiary/aromatic N) is 1. The summed E-state index contributed by atoms with van der Waals surface area (Å²) in [4.78, 5) is 14.1. The lowest BCUT2D eigenvalue weighted by atomic mass is 9.92. The van der Waals surface area contributed by atoms with E-state index in [1.54, 1.807) is 24.0 Å². The highest BCUT2D eigenvalue weighted by molar-refractivity contribution is 7.89. The van der Waals surface area contributed by atoms with Gasteiger partial charge in [-0.3, -0.25) is 4.79 Å². The van der Waals surface area contributed by atoms with Crippen molar-refractivity contribution >= 4 is 15.9 Å². The molecule has 1 N–H and O–H groups in total. The van der Waals surface area contributed by atoms with E-state index in [1.807, 2.05) is 19.9 Å². The third-order valence-corrected chi connectivity index (χ3v) is 5.95. The van der Waals surface area contributed by atoms with Crippen LogP contribution in [-0.4, -0.2) is 38.4 Å². The number of carbonyl (C=O) groups is 1. The molecule has 128 valence electrons. The quantitative estimate of drug-likeness (QED) is 0.864. The van der Waals surface area contributed by atoms with Crippen molar-refractivity contribution in [3.8, 4) is 0 Å². The summed E-state index contributed by atoms with van der Waals surface area (Å²) >= 11 is 0. The zero-order valence-corrected chi connectivity index (χ0v) is 14.9. The van der Waals surface area contributed by atoms with E-state index < -0.39 is 16.1 Å². The first kappa shape index (κ1) is 17.9. The summed E-state index contributed by atoms with van der Waals surface area (Å²) in [6.45, 7) is 6.50. The van der Waals surface area contributed by atoms with Crippen LogP contribution < -0.4 is 4.72 Å². The van der Waals surface area contributed by atoms with Crippen molar-refractivity contribution in [2.24, 2.45) is 0 Å². The van der Waals surface area contributed by atoms with Gasteiger partial charge in [0.25, 0.3) is 0 Å². The average molecular weight is 338 g/mol. The molecule has 0 bridgehead atoms. The Bertz CT molecular complexity index is 666. The third kappa shape index (κ3) is 4.12. The largest absolute Gasteiger partial charge is 0.342 e. The molecule has 0 fully saturated rings. The number of likely N-dealkylation sites (N-methyl/N-ethyl adjacent to an activating group) is 1. The van der Waals surface area contributed by atoms with E-state index in [4.69, 9.17) is 0 Å². The fourth-order valence-corrected chi connectivity index (χ4v) is 4.28. The van der Waals surface area contributed by atoms with E-state index in [0.29, 0.717) is 13.1 Å². The molecule has 1 aliphatic rings. The predicted molar refractivity (Wildman–Crippen MR) is 90.8 cm³/mol. The molecule has 1 unspecified atom stereocenters. The van der Waals surface area contributed by atoms with Crippen molar-refractivity contribution in [3.05, 3.63) is 29.3 Å². The first-order valence-corrected chi connectivity index (χ1v) is 9.80. The second-order valence-corrected chi connectivity index (χ2v) is 7.71. The Hall–Kier alpha value is -1.40. The van der Waals surface area contributed by atoms with Crippen molar-refractivity contribution < 1.29 is 13.2 Å². The highest BCUT2D eigenvalue weighted by Gasteiger charge is 2.25. The second kappa shape index (κ2) is 7.45. The first-order valence-electron chi connectivity index (χ1n) is 8.32. The number of hydrogen-bond acceptors (Lipinski definition) is 3. The van der Waals surface area contributed by atoms with Gasteiger partial charge in [0, 0.05) is 13.1 Å². The summed E-state index contributed by atoms with van der Waals surface area (Å²) in [5.41, 5.74) is 2.35. The highest BCUT2D eigenvalue weighted by atomic mass is 32.2. The number of carbonyl (C=O) groups excluding carboxylic acids is 1. The van der Waals surface area contributed by atoms with Gasteiger partial charge < -0.3 is 4.90 Å². The van der Waals surface area contributed by atoms with Crippen molar-refractivity contribution in [2.75, 3.05) is 13.1 Å². The summed E-state index contributed by atoms with van der Waals surface area (Å²) < 4.78 is 27.6. The van der Waals surface area contributed by atoms with E-state index in [9.17, 15) is 13.2 Å². The molecule has 2 rings (SSSR count). The maximum Gasteiger partial charge on any atom is 0.241 e. The monoisotopic (exact) mass is 338 g/mol. The maximum atomic E-state index is 12.6. The first-order chi connectivity index (χ1) is 10.9. The van der Waals surface area contributed by atoms with Crippen molar-refractivity contribution in [1.29, 1.82) is 0 Å². The number of nitrogens with one attached hydrogen (secondary N) is 1.